The fourth-order valence-electron chi connectivity index (χ4n) is 2.03. The van der Waals surface area contributed by atoms with Crippen LogP contribution in [0, 0.1) is 11.6 Å². The molecule has 0 aliphatic carbocycles. The van der Waals surface area contributed by atoms with E-state index in [1.165, 1.54) is 7.11 Å². The lowest BCUT2D eigenvalue weighted by Crippen LogP contribution is -2.40. The zero-order chi connectivity index (χ0) is 14.5. The van der Waals surface area contributed by atoms with Crippen molar-refractivity contribution in [1.29, 1.82) is 0 Å². The van der Waals surface area contributed by atoms with Crippen molar-refractivity contribution in [2.75, 3.05) is 23.9 Å². The quantitative estimate of drug-likeness (QED) is 0.902. The first-order valence-corrected chi connectivity index (χ1v) is 7.44. The first-order valence-electron chi connectivity index (χ1n) is 6.28. The van der Waals surface area contributed by atoms with E-state index in [9.17, 15) is 13.6 Å². The normalized spacial score (nSPS) is 18.4. The Hall–Kier alpha value is -1.50. The predicted octanol–water partition coefficient (Wildman–Crippen LogP) is 2.99. The Morgan fingerprint density at radius 1 is 1.40 bits per heavy atom. The fraction of sp³-hybridized carbons (Fsp3) is 0.462. The third-order valence-corrected chi connectivity index (χ3v) is 4.17. The minimum Gasteiger partial charge on any atom is -0.491 e. The van der Waals surface area contributed by atoms with Gasteiger partial charge in [0.05, 0.1) is 7.11 Å². The Labute approximate surface area is 120 Å². The SMILES string of the molecule is COc1c(F)cc(NC(=O)N[C@H]2CCCSC2)cc1F. The number of amides is 2. The van der Waals surface area contributed by atoms with Crippen molar-refractivity contribution in [3.8, 4) is 5.75 Å². The Kier molecular flexibility index (Phi) is 5.05. The van der Waals surface area contributed by atoms with Crippen LogP contribution >= 0.6 is 11.8 Å². The van der Waals surface area contributed by atoms with E-state index in [0.29, 0.717) is 0 Å². The van der Waals surface area contributed by atoms with Crippen LogP contribution in [0.25, 0.3) is 0 Å². The average Bonchev–Trinajstić information content (AvgIpc) is 2.39. The van der Waals surface area contributed by atoms with Crippen molar-refractivity contribution >= 4 is 23.5 Å². The highest BCUT2D eigenvalue weighted by Crippen LogP contribution is 2.25. The molecule has 1 aromatic carbocycles. The molecule has 0 saturated carbocycles. The molecule has 1 heterocycles. The van der Waals surface area contributed by atoms with E-state index in [2.05, 4.69) is 15.4 Å². The molecule has 110 valence electrons. The lowest BCUT2D eigenvalue weighted by molar-refractivity contribution is 0.248. The summed E-state index contributed by atoms with van der Waals surface area (Å²) in [5, 5.41) is 5.22. The van der Waals surface area contributed by atoms with E-state index in [1.54, 1.807) is 11.8 Å². The molecule has 1 atom stereocenters. The number of carbonyl (C=O) groups is 1. The molecule has 1 saturated heterocycles. The van der Waals surface area contributed by atoms with Gasteiger partial charge in [0.25, 0.3) is 0 Å². The van der Waals surface area contributed by atoms with Crippen molar-refractivity contribution in [3.05, 3.63) is 23.8 Å². The van der Waals surface area contributed by atoms with Gasteiger partial charge in [0.1, 0.15) is 0 Å². The Bertz CT molecular complexity index is 470. The van der Waals surface area contributed by atoms with E-state index in [4.69, 9.17) is 0 Å². The fourth-order valence-corrected chi connectivity index (χ4v) is 3.11. The molecule has 0 aromatic heterocycles. The molecule has 0 radical (unpaired) electrons. The number of ether oxygens (including phenoxy) is 1. The van der Waals surface area contributed by atoms with Crippen LogP contribution in [0.3, 0.4) is 0 Å². The maximum atomic E-state index is 13.5. The number of urea groups is 1. The Morgan fingerprint density at radius 3 is 2.65 bits per heavy atom. The molecule has 2 N–H and O–H groups in total. The number of rotatable bonds is 3. The molecular weight excluding hydrogens is 286 g/mol. The lowest BCUT2D eigenvalue weighted by atomic mass is 10.2. The van der Waals surface area contributed by atoms with Crippen LogP contribution in [0.15, 0.2) is 12.1 Å². The summed E-state index contributed by atoms with van der Waals surface area (Å²) in [7, 11) is 1.18. The van der Waals surface area contributed by atoms with E-state index in [-0.39, 0.29) is 11.7 Å². The highest BCUT2D eigenvalue weighted by molar-refractivity contribution is 7.99. The second-order valence-electron chi connectivity index (χ2n) is 4.49. The zero-order valence-electron chi connectivity index (χ0n) is 11.0. The summed E-state index contributed by atoms with van der Waals surface area (Å²) in [5.74, 6) is -0.195. The molecule has 4 nitrogen and oxygen atoms in total. The van der Waals surface area contributed by atoms with Crippen LogP contribution < -0.4 is 15.4 Å². The van der Waals surface area contributed by atoms with E-state index in [1.807, 2.05) is 0 Å². The topological polar surface area (TPSA) is 50.4 Å². The van der Waals surface area contributed by atoms with Gasteiger partial charge in [-0.2, -0.15) is 11.8 Å². The first kappa shape index (κ1) is 14.9. The van der Waals surface area contributed by atoms with Gasteiger partial charge in [-0.1, -0.05) is 0 Å². The number of hydrogen-bond acceptors (Lipinski definition) is 3. The molecule has 1 aliphatic rings. The van der Waals surface area contributed by atoms with Gasteiger partial charge in [-0.05, 0) is 18.6 Å². The number of carbonyl (C=O) groups excluding carboxylic acids is 1. The summed E-state index contributed by atoms with van der Waals surface area (Å²) in [6, 6.07) is 1.69. The maximum Gasteiger partial charge on any atom is 0.319 e. The zero-order valence-corrected chi connectivity index (χ0v) is 11.9. The predicted molar refractivity (Wildman–Crippen MR) is 75.4 cm³/mol. The summed E-state index contributed by atoms with van der Waals surface area (Å²) >= 11 is 1.78. The molecule has 0 unspecified atom stereocenters. The summed E-state index contributed by atoms with van der Waals surface area (Å²) in [6.45, 7) is 0. The summed E-state index contributed by atoms with van der Waals surface area (Å²) < 4.78 is 31.5. The van der Waals surface area contributed by atoms with Gasteiger partial charge in [0.15, 0.2) is 17.4 Å². The van der Waals surface area contributed by atoms with E-state index < -0.39 is 23.4 Å². The van der Waals surface area contributed by atoms with Gasteiger partial charge >= 0.3 is 6.03 Å². The van der Waals surface area contributed by atoms with Crippen molar-refractivity contribution in [2.24, 2.45) is 0 Å². The minimum atomic E-state index is -0.851. The third kappa shape index (κ3) is 3.75. The second kappa shape index (κ2) is 6.78. The van der Waals surface area contributed by atoms with Crippen LogP contribution in [0.2, 0.25) is 0 Å². The van der Waals surface area contributed by atoms with Crippen LogP contribution in [-0.2, 0) is 0 Å². The maximum absolute atomic E-state index is 13.5. The van der Waals surface area contributed by atoms with Gasteiger partial charge in [0, 0.05) is 29.6 Å². The average molecular weight is 302 g/mol. The molecule has 2 rings (SSSR count). The standard InChI is InChI=1S/C13H16F2N2O2S/c1-19-12-10(14)5-9(6-11(12)15)17-13(18)16-8-3-2-4-20-7-8/h5-6,8H,2-4,7H2,1H3,(H2,16,17,18)/t8-/m0/s1. The number of thioether (sulfide) groups is 1. The molecule has 2 amide bonds. The van der Waals surface area contributed by atoms with Crippen molar-refractivity contribution in [1.82, 2.24) is 5.32 Å². The van der Waals surface area contributed by atoms with Gasteiger partial charge in [-0.15, -0.1) is 0 Å². The third-order valence-electron chi connectivity index (χ3n) is 2.96. The highest BCUT2D eigenvalue weighted by Gasteiger charge is 2.17. The largest absolute Gasteiger partial charge is 0.491 e. The minimum absolute atomic E-state index is 0.0572. The van der Waals surface area contributed by atoms with Crippen LogP contribution in [0.5, 0.6) is 5.75 Å². The summed E-state index contributed by atoms with van der Waals surface area (Å²) in [6.07, 6.45) is 1.98. The van der Waals surface area contributed by atoms with Crippen molar-refractivity contribution < 1.29 is 18.3 Å². The number of methoxy groups -OCH3 is 1. The van der Waals surface area contributed by atoms with Gasteiger partial charge in [-0.3, -0.25) is 0 Å². The Morgan fingerprint density at radius 2 is 2.10 bits per heavy atom. The highest BCUT2D eigenvalue weighted by atomic mass is 32.2. The molecule has 0 bridgehead atoms. The van der Waals surface area contributed by atoms with Crippen molar-refractivity contribution in [3.63, 3.8) is 0 Å². The Balaban J connectivity index is 1.97. The van der Waals surface area contributed by atoms with Crippen LogP contribution in [-0.4, -0.2) is 30.7 Å². The second-order valence-corrected chi connectivity index (χ2v) is 5.64. The smallest absolute Gasteiger partial charge is 0.319 e. The molecule has 1 aliphatic heterocycles. The van der Waals surface area contributed by atoms with Crippen molar-refractivity contribution in [2.45, 2.75) is 18.9 Å². The van der Waals surface area contributed by atoms with E-state index in [0.717, 1.165) is 36.5 Å². The van der Waals surface area contributed by atoms with Gasteiger partial charge in [-0.25, -0.2) is 13.6 Å². The van der Waals surface area contributed by atoms with Gasteiger partial charge < -0.3 is 15.4 Å². The lowest BCUT2D eigenvalue weighted by Gasteiger charge is -2.22. The van der Waals surface area contributed by atoms with Crippen LogP contribution in [0.4, 0.5) is 19.3 Å². The molecular formula is C13H16F2N2O2S. The summed E-state index contributed by atoms with van der Waals surface area (Å²) in [5.41, 5.74) is 0.0572. The molecule has 0 spiro atoms. The summed E-state index contributed by atoms with van der Waals surface area (Å²) in [4.78, 5) is 11.8. The van der Waals surface area contributed by atoms with Gasteiger partial charge in [0.2, 0.25) is 0 Å². The monoisotopic (exact) mass is 302 g/mol. The van der Waals surface area contributed by atoms with E-state index >= 15 is 0 Å². The number of nitrogens with one attached hydrogen (secondary N) is 2. The number of anilines is 1. The number of benzene rings is 1. The first-order chi connectivity index (χ1) is 9.60. The number of halogens is 2. The number of hydrogen-bond donors (Lipinski definition) is 2. The molecule has 1 aromatic rings. The van der Waals surface area contributed by atoms with Crippen LogP contribution in [0.1, 0.15) is 12.8 Å². The molecule has 1 fully saturated rings. The molecule has 7 heteroatoms. The molecule has 20 heavy (non-hydrogen) atoms.